The lowest BCUT2D eigenvalue weighted by molar-refractivity contribution is 0.0927. The van der Waals surface area contributed by atoms with Crippen LogP contribution >= 0.6 is 0 Å². The highest BCUT2D eigenvalue weighted by Gasteiger charge is 2.23. The van der Waals surface area contributed by atoms with Gasteiger partial charge in [0.2, 0.25) is 0 Å². The van der Waals surface area contributed by atoms with Gasteiger partial charge in [-0.25, -0.2) is 8.42 Å². The summed E-state index contributed by atoms with van der Waals surface area (Å²) in [4.78, 5) is 12.8. The van der Waals surface area contributed by atoms with Gasteiger partial charge in [-0.2, -0.15) is 0 Å². The normalized spacial score (nSPS) is 15.0. The third kappa shape index (κ3) is 4.72. The smallest absolute Gasteiger partial charge is 0.264 e. The predicted octanol–water partition coefficient (Wildman–Crippen LogP) is 3.89. The number of amides is 1. The predicted molar refractivity (Wildman–Crippen MR) is 114 cm³/mol. The molecular weight excluding hydrogens is 388 g/mol. The van der Waals surface area contributed by atoms with Gasteiger partial charge >= 0.3 is 0 Å². The Morgan fingerprint density at radius 3 is 2.31 bits per heavy atom. The molecule has 1 aliphatic rings. The Hall–Kier alpha value is -2.54. The molecule has 0 saturated heterocycles. The zero-order valence-corrected chi connectivity index (χ0v) is 18.0. The highest BCUT2D eigenvalue weighted by molar-refractivity contribution is 7.92. The average molecular weight is 417 g/mol. The quantitative estimate of drug-likeness (QED) is 0.775. The first-order chi connectivity index (χ1) is 13.8. The summed E-state index contributed by atoms with van der Waals surface area (Å²) in [5.41, 5.74) is 1.81. The summed E-state index contributed by atoms with van der Waals surface area (Å²) in [6, 6.07) is 11.6. The van der Waals surface area contributed by atoms with Gasteiger partial charge < -0.3 is 10.1 Å². The second kappa shape index (κ2) is 8.86. The van der Waals surface area contributed by atoms with Crippen LogP contribution in [0.4, 0.5) is 5.69 Å². The Labute approximate surface area is 172 Å². The Morgan fingerprint density at radius 1 is 1.07 bits per heavy atom. The van der Waals surface area contributed by atoms with Crippen LogP contribution in [-0.4, -0.2) is 34.5 Å². The van der Waals surface area contributed by atoms with E-state index >= 15 is 0 Å². The van der Waals surface area contributed by atoms with Crippen LogP contribution in [0.15, 0.2) is 47.4 Å². The van der Waals surface area contributed by atoms with E-state index < -0.39 is 10.0 Å². The third-order valence-electron chi connectivity index (χ3n) is 5.46. The minimum Gasteiger partial charge on any atom is -0.497 e. The van der Waals surface area contributed by atoms with Crippen molar-refractivity contribution in [3.63, 3.8) is 0 Å². The molecule has 1 saturated carbocycles. The highest BCUT2D eigenvalue weighted by Crippen LogP contribution is 2.27. The van der Waals surface area contributed by atoms with Crippen LogP contribution in [0, 0.1) is 6.92 Å². The number of aryl methyl sites for hydroxylation is 1. The van der Waals surface area contributed by atoms with E-state index in [-0.39, 0.29) is 16.8 Å². The Balaban J connectivity index is 1.78. The number of carbonyl (C=O) groups excluding carboxylic acids is 1. The van der Waals surface area contributed by atoms with Gasteiger partial charge in [-0.1, -0.05) is 19.3 Å². The summed E-state index contributed by atoms with van der Waals surface area (Å²) in [6.45, 7) is 1.81. The molecule has 1 N–H and O–H groups in total. The molecule has 0 spiro atoms. The monoisotopic (exact) mass is 416 g/mol. The van der Waals surface area contributed by atoms with Crippen LogP contribution < -0.4 is 14.4 Å². The molecule has 6 nitrogen and oxygen atoms in total. The Bertz CT molecular complexity index is 965. The van der Waals surface area contributed by atoms with Crippen molar-refractivity contribution in [1.82, 2.24) is 5.32 Å². The van der Waals surface area contributed by atoms with Crippen LogP contribution in [0.3, 0.4) is 0 Å². The summed E-state index contributed by atoms with van der Waals surface area (Å²) in [6.07, 6.45) is 5.57. The van der Waals surface area contributed by atoms with E-state index in [1.807, 2.05) is 6.92 Å². The molecule has 3 rings (SSSR count). The van der Waals surface area contributed by atoms with E-state index in [0.717, 1.165) is 31.2 Å². The number of sulfonamides is 1. The number of benzene rings is 2. The van der Waals surface area contributed by atoms with Crippen molar-refractivity contribution in [2.45, 2.75) is 50.0 Å². The maximum atomic E-state index is 13.0. The minimum atomic E-state index is -3.72. The molecule has 0 atom stereocenters. The maximum absolute atomic E-state index is 13.0. The lowest BCUT2D eigenvalue weighted by Gasteiger charge is -2.24. The average Bonchev–Trinajstić information content (AvgIpc) is 2.74. The number of rotatable bonds is 6. The molecular formula is C22H28N2O4S. The fraction of sp³-hybridized carbons (Fsp3) is 0.409. The fourth-order valence-corrected chi connectivity index (χ4v) is 4.96. The minimum absolute atomic E-state index is 0.104. The zero-order chi connectivity index (χ0) is 21.0. The first kappa shape index (κ1) is 21.2. The molecule has 1 aliphatic carbocycles. The molecule has 0 heterocycles. The number of nitrogens with one attached hydrogen (secondary N) is 1. The summed E-state index contributed by atoms with van der Waals surface area (Å²) in [5.74, 6) is 0.489. The number of methoxy groups -OCH3 is 1. The fourth-order valence-electron chi connectivity index (χ4n) is 3.70. The van der Waals surface area contributed by atoms with Crippen molar-refractivity contribution >= 4 is 21.6 Å². The van der Waals surface area contributed by atoms with E-state index in [2.05, 4.69) is 5.32 Å². The molecule has 0 radical (unpaired) electrons. The van der Waals surface area contributed by atoms with Crippen molar-refractivity contribution in [2.24, 2.45) is 0 Å². The molecule has 29 heavy (non-hydrogen) atoms. The number of hydrogen-bond donors (Lipinski definition) is 1. The number of ether oxygens (including phenoxy) is 1. The molecule has 0 unspecified atom stereocenters. The van der Waals surface area contributed by atoms with Crippen molar-refractivity contribution in [3.8, 4) is 5.75 Å². The zero-order valence-electron chi connectivity index (χ0n) is 17.1. The molecule has 0 aromatic heterocycles. The second-order valence-electron chi connectivity index (χ2n) is 7.46. The van der Waals surface area contributed by atoms with Gasteiger partial charge in [-0.15, -0.1) is 0 Å². The Morgan fingerprint density at radius 2 is 1.72 bits per heavy atom. The lowest BCUT2D eigenvalue weighted by Crippen LogP contribution is -2.36. The van der Waals surface area contributed by atoms with E-state index in [1.165, 1.54) is 37.0 Å². The number of carbonyl (C=O) groups is 1. The van der Waals surface area contributed by atoms with Gasteiger partial charge in [0.15, 0.2) is 0 Å². The number of hydrogen-bond acceptors (Lipinski definition) is 4. The molecule has 0 aliphatic heterocycles. The topological polar surface area (TPSA) is 75.7 Å². The summed E-state index contributed by atoms with van der Waals surface area (Å²) in [7, 11) is -0.668. The number of nitrogens with zero attached hydrogens (tertiary/aromatic N) is 1. The van der Waals surface area contributed by atoms with Crippen molar-refractivity contribution < 1.29 is 17.9 Å². The van der Waals surface area contributed by atoms with E-state index in [4.69, 9.17) is 4.74 Å². The first-order valence-electron chi connectivity index (χ1n) is 9.87. The van der Waals surface area contributed by atoms with Crippen molar-refractivity contribution in [2.75, 3.05) is 18.5 Å². The Kier molecular flexibility index (Phi) is 6.47. The van der Waals surface area contributed by atoms with Crippen LogP contribution in [0.25, 0.3) is 0 Å². The van der Waals surface area contributed by atoms with Gasteiger partial charge in [0.25, 0.3) is 15.9 Å². The third-order valence-corrected chi connectivity index (χ3v) is 7.24. The largest absolute Gasteiger partial charge is 0.497 e. The molecule has 1 fully saturated rings. The van der Waals surface area contributed by atoms with Crippen LogP contribution in [0.1, 0.15) is 48.0 Å². The number of anilines is 1. The van der Waals surface area contributed by atoms with Gasteiger partial charge in [0, 0.05) is 18.7 Å². The summed E-state index contributed by atoms with van der Waals surface area (Å²) < 4.78 is 32.3. The molecule has 1 amide bonds. The molecule has 2 aromatic carbocycles. The van der Waals surface area contributed by atoms with E-state index in [1.54, 1.807) is 30.3 Å². The lowest BCUT2D eigenvalue weighted by atomic mass is 9.95. The van der Waals surface area contributed by atoms with Gasteiger partial charge in [-0.05, 0) is 67.8 Å². The molecule has 7 heteroatoms. The summed E-state index contributed by atoms with van der Waals surface area (Å²) >= 11 is 0. The SMILES string of the molecule is COc1ccc(S(=O)(=O)N(C)c2ccc(C(=O)NC3CCCCC3)cc2C)cc1. The standard InChI is InChI=1S/C22H28N2O4S/c1-16-15-17(22(25)23-18-7-5-4-6-8-18)9-14-21(16)24(2)29(26,27)20-12-10-19(28-3)11-13-20/h9-15,18H,4-8H2,1-3H3,(H,23,25). The van der Waals surface area contributed by atoms with Crippen LogP contribution in [0.5, 0.6) is 5.75 Å². The van der Waals surface area contributed by atoms with Gasteiger partial charge in [0.05, 0.1) is 17.7 Å². The summed E-state index contributed by atoms with van der Waals surface area (Å²) in [5, 5.41) is 3.10. The highest BCUT2D eigenvalue weighted by atomic mass is 32.2. The molecule has 2 aromatic rings. The van der Waals surface area contributed by atoms with Gasteiger partial charge in [0.1, 0.15) is 5.75 Å². The molecule has 0 bridgehead atoms. The maximum Gasteiger partial charge on any atom is 0.264 e. The van der Waals surface area contributed by atoms with Crippen LogP contribution in [0.2, 0.25) is 0 Å². The van der Waals surface area contributed by atoms with Gasteiger partial charge in [-0.3, -0.25) is 9.10 Å². The van der Waals surface area contributed by atoms with Crippen molar-refractivity contribution in [1.29, 1.82) is 0 Å². The first-order valence-corrected chi connectivity index (χ1v) is 11.3. The van der Waals surface area contributed by atoms with E-state index in [0.29, 0.717) is 17.0 Å². The van der Waals surface area contributed by atoms with E-state index in [9.17, 15) is 13.2 Å². The van der Waals surface area contributed by atoms with Crippen LogP contribution in [-0.2, 0) is 10.0 Å². The van der Waals surface area contributed by atoms with Crippen molar-refractivity contribution in [3.05, 3.63) is 53.6 Å². The second-order valence-corrected chi connectivity index (χ2v) is 9.43. The molecule has 156 valence electrons.